The van der Waals surface area contributed by atoms with Gasteiger partial charge in [0.25, 0.3) is 0 Å². The van der Waals surface area contributed by atoms with Crippen molar-refractivity contribution in [2.75, 3.05) is 20.8 Å². The maximum atomic E-state index is 13.6. The molecule has 2 aromatic rings. The average molecular weight is 415 g/mol. The normalized spacial score (nSPS) is 11.1. The molecule has 0 radical (unpaired) electrons. The summed E-state index contributed by atoms with van der Waals surface area (Å²) in [6, 6.07) is 8.87. The molecule has 1 amide bonds. The third-order valence-electron chi connectivity index (χ3n) is 3.97. The highest BCUT2D eigenvalue weighted by Gasteiger charge is 2.29. The maximum Gasteiger partial charge on any atom is 0.422 e. The van der Waals surface area contributed by atoms with E-state index in [9.17, 15) is 22.4 Å². The van der Waals surface area contributed by atoms with Crippen molar-refractivity contribution < 1.29 is 36.6 Å². The van der Waals surface area contributed by atoms with E-state index >= 15 is 0 Å². The Morgan fingerprint density at radius 2 is 1.62 bits per heavy atom. The molecule has 0 heterocycles. The zero-order valence-electron chi connectivity index (χ0n) is 15.9. The molecule has 0 aliphatic carbocycles. The standard InChI is InChI=1S/C20H21F4NO4/c1-27-16-6-4-14(9-15(16)21)11-25-19(26)8-5-13-3-7-17(18(10-13)28-2)29-12-20(22,23)24/h3-4,6-7,9-10H,5,8,11-12H2,1-2H3,(H,25,26). The first-order chi connectivity index (χ1) is 13.7. The fraction of sp³-hybridized carbons (Fsp3) is 0.350. The number of carbonyl (C=O) groups is 1. The van der Waals surface area contributed by atoms with Gasteiger partial charge in [0.2, 0.25) is 5.91 Å². The highest BCUT2D eigenvalue weighted by Crippen LogP contribution is 2.30. The van der Waals surface area contributed by atoms with E-state index in [4.69, 9.17) is 14.2 Å². The molecule has 0 unspecified atom stereocenters. The number of ether oxygens (including phenoxy) is 3. The Morgan fingerprint density at radius 3 is 2.24 bits per heavy atom. The van der Waals surface area contributed by atoms with Crippen molar-refractivity contribution in [3.8, 4) is 17.2 Å². The van der Waals surface area contributed by atoms with Crippen LogP contribution in [0.1, 0.15) is 17.5 Å². The number of rotatable bonds is 9. The number of halogens is 4. The summed E-state index contributed by atoms with van der Waals surface area (Å²) in [5, 5.41) is 2.68. The van der Waals surface area contributed by atoms with Crippen molar-refractivity contribution in [3.05, 3.63) is 53.3 Å². The number of aryl methyl sites for hydroxylation is 1. The minimum Gasteiger partial charge on any atom is -0.494 e. The second-order valence-corrected chi connectivity index (χ2v) is 6.13. The van der Waals surface area contributed by atoms with Crippen LogP contribution < -0.4 is 19.5 Å². The van der Waals surface area contributed by atoms with E-state index in [-0.39, 0.29) is 36.1 Å². The van der Waals surface area contributed by atoms with Gasteiger partial charge in [-0.25, -0.2) is 4.39 Å². The summed E-state index contributed by atoms with van der Waals surface area (Å²) in [5.41, 5.74) is 1.29. The zero-order valence-corrected chi connectivity index (χ0v) is 15.9. The molecule has 0 fully saturated rings. The van der Waals surface area contributed by atoms with Crippen LogP contribution in [0.15, 0.2) is 36.4 Å². The smallest absolute Gasteiger partial charge is 0.422 e. The lowest BCUT2D eigenvalue weighted by molar-refractivity contribution is -0.153. The van der Waals surface area contributed by atoms with E-state index in [0.29, 0.717) is 17.5 Å². The van der Waals surface area contributed by atoms with Gasteiger partial charge in [-0.2, -0.15) is 13.2 Å². The van der Waals surface area contributed by atoms with Crippen molar-refractivity contribution >= 4 is 5.91 Å². The second kappa shape index (κ2) is 9.99. The SMILES string of the molecule is COc1ccc(CNC(=O)CCc2ccc(OCC(F)(F)F)c(OC)c2)cc1F. The van der Waals surface area contributed by atoms with E-state index in [1.165, 1.54) is 38.5 Å². The molecule has 2 rings (SSSR count). The van der Waals surface area contributed by atoms with Crippen LogP contribution in [0.4, 0.5) is 17.6 Å². The van der Waals surface area contributed by atoms with Gasteiger partial charge in [0.1, 0.15) is 0 Å². The number of hydrogen-bond donors (Lipinski definition) is 1. The van der Waals surface area contributed by atoms with Crippen molar-refractivity contribution in [3.63, 3.8) is 0 Å². The molecule has 158 valence electrons. The predicted octanol–water partition coefficient (Wildman–Crippen LogP) is 4.03. The molecular formula is C20H21F4NO4. The summed E-state index contributed by atoms with van der Waals surface area (Å²) in [4.78, 5) is 12.0. The fourth-order valence-corrected chi connectivity index (χ4v) is 2.51. The molecule has 1 N–H and O–H groups in total. The average Bonchev–Trinajstić information content (AvgIpc) is 2.68. The summed E-state index contributed by atoms with van der Waals surface area (Å²) >= 11 is 0. The number of methoxy groups -OCH3 is 2. The lowest BCUT2D eigenvalue weighted by atomic mass is 10.1. The number of hydrogen-bond acceptors (Lipinski definition) is 4. The van der Waals surface area contributed by atoms with Gasteiger partial charge in [0.05, 0.1) is 14.2 Å². The van der Waals surface area contributed by atoms with Gasteiger partial charge in [0, 0.05) is 13.0 Å². The molecule has 0 spiro atoms. The predicted molar refractivity (Wildman–Crippen MR) is 97.7 cm³/mol. The number of alkyl halides is 3. The number of carbonyl (C=O) groups excluding carboxylic acids is 1. The molecular weight excluding hydrogens is 394 g/mol. The Labute approximate surface area is 165 Å². The van der Waals surface area contributed by atoms with E-state index in [0.717, 1.165) is 0 Å². The van der Waals surface area contributed by atoms with E-state index in [2.05, 4.69) is 5.32 Å². The number of amides is 1. The van der Waals surface area contributed by atoms with Crippen molar-refractivity contribution in [1.82, 2.24) is 5.32 Å². The Hall–Kier alpha value is -2.97. The molecule has 0 atom stereocenters. The van der Waals surface area contributed by atoms with Gasteiger partial charge in [-0.3, -0.25) is 4.79 Å². The molecule has 9 heteroatoms. The highest BCUT2D eigenvalue weighted by atomic mass is 19.4. The summed E-state index contributed by atoms with van der Waals surface area (Å²) in [6.45, 7) is -1.26. The first-order valence-corrected chi connectivity index (χ1v) is 8.67. The quantitative estimate of drug-likeness (QED) is 0.629. The van der Waals surface area contributed by atoms with Crippen LogP contribution in [0.3, 0.4) is 0 Å². The summed E-state index contributed by atoms with van der Waals surface area (Å²) < 4.78 is 65.1. The van der Waals surface area contributed by atoms with Crippen LogP contribution in [0, 0.1) is 5.82 Å². The minimum absolute atomic E-state index is 0.0282. The first kappa shape index (κ1) is 22.3. The lowest BCUT2D eigenvalue weighted by Gasteiger charge is -2.13. The molecule has 0 aliphatic rings. The molecule has 0 aliphatic heterocycles. The Balaban J connectivity index is 1.87. The monoisotopic (exact) mass is 415 g/mol. The van der Waals surface area contributed by atoms with E-state index < -0.39 is 18.6 Å². The third-order valence-corrected chi connectivity index (χ3v) is 3.97. The number of nitrogens with one attached hydrogen (secondary N) is 1. The Morgan fingerprint density at radius 1 is 0.966 bits per heavy atom. The largest absolute Gasteiger partial charge is 0.494 e. The maximum absolute atomic E-state index is 13.6. The van der Waals surface area contributed by atoms with Gasteiger partial charge in [-0.05, 0) is 41.8 Å². The van der Waals surface area contributed by atoms with Crippen molar-refractivity contribution in [2.45, 2.75) is 25.6 Å². The summed E-state index contributed by atoms with van der Waals surface area (Å²) in [6.07, 6.45) is -3.96. The molecule has 0 saturated carbocycles. The van der Waals surface area contributed by atoms with E-state index in [1.54, 1.807) is 12.1 Å². The van der Waals surface area contributed by atoms with Gasteiger partial charge in [-0.1, -0.05) is 12.1 Å². The first-order valence-electron chi connectivity index (χ1n) is 8.67. The van der Waals surface area contributed by atoms with Gasteiger partial charge in [0.15, 0.2) is 29.7 Å². The van der Waals surface area contributed by atoms with Crippen LogP contribution in [0.25, 0.3) is 0 Å². The molecule has 0 saturated heterocycles. The van der Waals surface area contributed by atoms with Gasteiger partial charge in [-0.15, -0.1) is 0 Å². The molecule has 2 aromatic carbocycles. The second-order valence-electron chi connectivity index (χ2n) is 6.13. The van der Waals surface area contributed by atoms with Crippen LogP contribution in [0.5, 0.6) is 17.2 Å². The van der Waals surface area contributed by atoms with Crippen LogP contribution >= 0.6 is 0 Å². The summed E-state index contributed by atoms with van der Waals surface area (Å²) in [5.74, 6) is -0.520. The fourth-order valence-electron chi connectivity index (χ4n) is 2.51. The van der Waals surface area contributed by atoms with Crippen LogP contribution in [-0.4, -0.2) is 32.9 Å². The third kappa shape index (κ3) is 7.17. The minimum atomic E-state index is -4.45. The molecule has 0 bridgehead atoms. The topological polar surface area (TPSA) is 56.8 Å². The lowest BCUT2D eigenvalue weighted by Crippen LogP contribution is -2.23. The van der Waals surface area contributed by atoms with E-state index in [1.807, 2.05) is 0 Å². The highest BCUT2D eigenvalue weighted by molar-refractivity contribution is 5.76. The zero-order chi connectivity index (χ0) is 21.4. The Bertz CT molecular complexity index is 840. The Kier molecular flexibility index (Phi) is 7.69. The van der Waals surface area contributed by atoms with Crippen LogP contribution in [0.2, 0.25) is 0 Å². The van der Waals surface area contributed by atoms with Crippen molar-refractivity contribution in [2.24, 2.45) is 0 Å². The molecule has 29 heavy (non-hydrogen) atoms. The van der Waals surface area contributed by atoms with Crippen LogP contribution in [-0.2, 0) is 17.8 Å². The molecule has 5 nitrogen and oxygen atoms in total. The molecule has 0 aromatic heterocycles. The number of benzene rings is 2. The van der Waals surface area contributed by atoms with Crippen molar-refractivity contribution in [1.29, 1.82) is 0 Å². The van der Waals surface area contributed by atoms with Gasteiger partial charge >= 0.3 is 6.18 Å². The van der Waals surface area contributed by atoms with Gasteiger partial charge < -0.3 is 19.5 Å². The summed E-state index contributed by atoms with van der Waals surface area (Å²) in [7, 11) is 2.68.